The van der Waals surface area contributed by atoms with Crippen molar-refractivity contribution < 1.29 is 9.18 Å². The lowest BCUT2D eigenvalue weighted by molar-refractivity contribution is 0.0684. The molecule has 4 rings (SSSR count). The van der Waals surface area contributed by atoms with Gasteiger partial charge in [0, 0.05) is 30.4 Å². The van der Waals surface area contributed by atoms with Gasteiger partial charge in [-0.3, -0.25) is 4.79 Å². The van der Waals surface area contributed by atoms with Crippen LogP contribution in [-0.2, 0) is 12.8 Å². The van der Waals surface area contributed by atoms with E-state index in [0.29, 0.717) is 11.4 Å². The summed E-state index contributed by atoms with van der Waals surface area (Å²) in [4.78, 5) is 15.3. The monoisotopic (exact) mass is 356 g/mol. The molecule has 0 radical (unpaired) electrons. The van der Waals surface area contributed by atoms with Gasteiger partial charge in [-0.2, -0.15) is 5.10 Å². The number of amides is 1. The molecule has 1 aliphatic carbocycles. The number of halogens is 1. The lowest BCUT2D eigenvalue weighted by Gasteiger charge is -2.27. The number of fused-ring (bicyclic) bond motifs is 1. The normalized spacial score (nSPS) is 18.9. The van der Waals surface area contributed by atoms with Gasteiger partial charge in [0.15, 0.2) is 5.69 Å². The molecule has 138 valence electrons. The van der Waals surface area contributed by atoms with Crippen LogP contribution in [0.25, 0.3) is 5.69 Å². The minimum absolute atomic E-state index is 0.00575. The van der Waals surface area contributed by atoms with Gasteiger partial charge >= 0.3 is 0 Å². The van der Waals surface area contributed by atoms with Crippen LogP contribution in [0.2, 0.25) is 0 Å². The molecule has 1 unspecified atom stereocenters. The van der Waals surface area contributed by atoms with E-state index in [-0.39, 0.29) is 17.8 Å². The van der Waals surface area contributed by atoms with Crippen LogP contribution in [0.3, 0.4) is 0 Å². The number of carbonyl (C=O) groups is 1. The van der Waals surface area contributed by atoms with Crippen LogP contribution in [-0.4, -0.2) is 46.3 Å². The van der Waals surface area contributed by atoms with E-state index >= 15 is 0 Å². The largest absolute Gasteiger partial charge is 0.333 e. The fraction of sp³-hybridized carbons (Fsp3) is 0.500. The van der Waals surface area contributed by atoms with Crippen LogP contribution in [0.5, 0.6) is 0 Å². The summed E-state index contributed by atoms with van der Waals surface area (Å²) in [5, 5.41) is 7.94. The second-order valence-corrected chi connectivity index (χ2v) is 7.14. The first-order valence-corrected chi connectivity index (χ1v) is 9.58. The number of carbonyl (C=O) groups excluding carboxylic acids is 1. The molecule has 2 aliphatic rings. The Morgan fingerprint density at radius 1 is 1.38 bits per heavy atom. The minimum atomic E-state index is -0.311. The predicted octanol–water partition coefficient (Wildman–Crippen LogP) is 2.71. The molecule has 1 aromatic carbocycles. The zero-order chi connectivity index (χ0) is 18.1. The quantitative estimate of drug-likeness (QED) is 0.896. The molecular weight excluding hydrogens is 331 g/mol. The lowest BCUT2D eigenvalue weighted by atomic mass is 10.1. The summed E-state index contributed by atoms with van der Waals surface area (Å²) in [5.74, 6) is -0.317. The summed E-state index contributed by atoms with van der Waals surface area (Å²) in [6.45, 7) is 4.60. The molecule has 0 saturated carbocycles. The third-order valence-corrected chi connectivity index (χ3v) is 5.41. The zero-order valence-electron chi connectivity index (χ0n) is 15.2. The topological polar surface area (TPSA) is 50.2 Å². The standard InChI is InChI=1S/C20H25FN4O/c1-2-12-24(14-10-11-22-13-14)20(26)19-15-6-5-9-17(15)25(23-19)18-8-4-3-7-16(18)21/h3-4,7-8,14,22H,2,5-6,9-13H2,1H3. The molecule has 26 heavy (non-hydrogen) atoms. The van der Waals surface area contributed by atoms with E-state index in [4.69, 9.17) is 0 Å². The zero-order valence-corrected chi connectivity index (χ0v) is 15.2. The van der Waals surface area contributed by atoms with Crippen molar-refractivity contribution in [1.82, 2.24) is 20.0 Å². The maximum atomic E-state index is 14.3. The second kappa shape index (κ2) is 7.19. The highest BCUT2D eigenvalue weighted by molar-refractivity contribution is 5.94. The van der Waals surface area contributed by atoms with Crippen molar-refractivity contribution in [2.24, 2.45) is 0 Å². The molecule has 1 atom stereocenters. The summed E-state index contributed by atoms with van der Waals surface area (Å²) >= 11 is 0. The highest BCUT2D eigenvalue weighted by Gasteiger charge is 2.33. The van der Waals surface area contributed by atoms with Crippen molar-refractivity contribution in [3.63, 3.8) is 0 Å². The van der Waals surface area contributed by atoms with Crippen molar-refractivity contribution in [2.75, 3.05) is 19.6 Å². The van der Waals surface area contributed by atoms with Gasteiger partial charge in [-0.15, -0.1) is 0 Å². The third-order valence-electron chi connectivity index (χ3n) is 5.41. The Morgan fingerprint density at radius 2 is 2.23 bits per heavy atom. The molecule has 2 heterocycles. The van der Waals surface area contributed by atoms with Gasteiger partial charge in [-0.05, 0) is 50.8 Å². The Kier molecular flexibility index (Phi) is 4.76. The number of para-hydroxylation sites is 1. The smallest absolute Gasteiger partial charge is 0.274 e. The second-order valence-electron chi connectivity index (χ2n) is 7.14. The summed E-state index contributed by atoms with van der Waals surface area (Å²) in [6.07, 6.45) is 4.55. The van der Waals surface area contributed by atoms with Crippen LogP contribution >= 0.6 is 0 Å². The minimum Gasteiger partial charge on any atom is -0.333 e. The van der Waals surface area contributed by atoms with Crippen LogP contribution in [0.4, 0.5) is 4.39 Å². The first-order valence-electron chi connectivity index (χ1n) is 9.58. The summed E-state index contributed by atoms with van der Waals surface area (Å²) in [7, 11) is 0. The van der Waals surface area contributed by atoms with E-state index in [1.54, 1.807) is 22.9 Å². The van der Waals surface area contributed by atoms with Crippen LogP contribution in [0, 0.1) is 5.82 Å². The summed E-state index contributed by atoms with van der Waals surface area (Å²) in [5.41, 5.74) is 2.93. The highest BCUT2D eigenvalue weighted by atomic mass is 19.1. The summed E-state index contributed by atoms with van der Waals surface area (Å²) < 4.78 is 16.0. The number of aromatic nitrogens is 2. The van der Waals surface area contributed by atoms with E-state index in [2.05, 4.69) is 17.3 Å². The van der Waals surface area contributed by atoms with Crippen LogP contribution in [0.15, 0.2) is 24.3 Å². The Hall–Kier alpha value is -2.21. The molecule has 1 N–H and O–H groups in total. The van der Waals surface area contributed by atoms with E-state index in [9.17, 15) is 9.18 Å². The number of nitrogens with one attached hydrogen (secondary N) is 1. The maximum absolute atomic E-state index is 14.3. The van der Waals surface area contributed by atoms with Crippen molar-refractivity contribution in [2.45, 2.75) is 45.1 Å². The van der Waals surface area contributed by atoms with Gasteiger partial charge in [-0.25, -0.2) is 9.07 Å². The first-order chi connectivity index (χ1) is 12.7. The van der Waals surface area contributed by atoms with Gasteiger partial charge in [0.05, 0.1) is 0 Å². The molecule has 1 saturated heterocycles. The molecular formula is C20H25FN4O. The Morgan fingerprint density at radius 3 is 2.96 bits per heavy atom. The van der Waals surface area contributed by atoms with E-state index in [1.165, 1.54) is 6.07 Å². The molecule has 0 spiro atoms. The molecule has 0 bridgehead atoms. The molecule has 6 heteroatoms. The lowest BCUT2D eigenvalue weighted by Crippen LogP contribution is -2.42. The average molecular weight is 356 g/mol. The fourth-order valence-electron chi connectivity index (χ4n) is 4.16. The van der Waals surface area contributed by atoms with E-state index < -0.39 is 0 Å². The molecule has 1 fully saturated rings. The van der Waals surface area contributed by atoms with Crippen molar-refractivity contribution in [3.05, 3.63) is 47.0 Å². The van der Waals surface area contributed by atoms with Gasteiger partial charge in [0.25, 0.3) is 5.91 Å². The molecule has 1 aliphatic heterocycles. The molecule has 5 nitrogen and oxygen atoms in total. The Labute approximate surface area is 153 Å². The molecule has 1 amide bonds. The SMILES string of the molecule is CCCN(C(=O)c1nn(-c2ccccc2F)c2c1CCC2)C1CCNC1. The number of hydrogen-bond donors (Lipinski definition) is 1. The van der Waals surface area contributed by atoms with Gasteiger partial charge < -0.3 is 10.2 Å². The van der Waals surface area contributed by atoms with E-state index in [0.717, 1.165) is 63.0 Å². The third kappa shape index (κ3) is 2.92. The van der Waals surface area contributed by atoms with E-state index in [1.807, 2.05) is 4.90 Å². The highest BCUT2D eigenvalue weighted by Crippen LogP contribution is 2.30. The Bertz CT molecular complexity index is 810. The Balaban J connectivity index is 1.74. The summed E-state index contributed by atoms with van der Waals surface area (Å²) in [6, 6.07) is 6.85. The average Bonchev–Trinajstić information content (AvgIpc) is 3.37. The predicted molar refractivity (Wildman–Crippen MR) is 98.1 cm³/mol. The fourth-order valence-corrected chi connectivity index (χ4v) is 4.16. The van der Waals surface area contributed by atoms with Crippen molar-refractivity contribution in [3.8, 4) is 5.69 Å². The number of rotatable bonds is 5. The van der Waals surface area contributed by atoms with Crippen molar-refractivity contribution >= 4 is 5.91 Å². The van der Waals surface area contributed by atoms with Crippen molar-refractivity contribution in [1.29, 1.82) is 0 Å². The van der Waals surface area contributed by atoms with Crippen LogP contribution < -0.4 is 5.32 Å². The van der Waals surface area contributed by atoms with Gasteiger partial charge in [-0.1, -0.05) is 19.1 Å². The van der Waals surface area contributed by atoms with Gasteiger partial charge in [0.2, 0.25) is 0 Å². The van der Waals surface area contributed by atoms with Crippen LogP contribution in [0.1, 0.15) is 47.9 Å². The maximum Gasteiger partial charge on any atom is 0.274 e. The number of benzene rings is 1. The molecule has 1 aromatic heterocycles. The first kappa shape index (κ1) is 17.2. The molecule has 2 aromatic rings. The van der Waals surface area contributed by atoms with Gasteiger partial charge in [0.1, 0.15) is 11.5 Å². The number of nitrogens with zero attached hydrogens (tertiary/aromatic N) is 3. The number of hydrogen-bond acceptors (Lipinski definition) is 3.